The summed E-state index contributed by atoms with van der Waals surface area (Å²) < 4.78 is 5.27. The quantitative estimate of drug-likeness (QED) is 0.816. The Morgan fingerprint density at radius 3 is 3.06 bits per heavy atom. The van der Waals surface area contributed by atoms with E-state index in [0.29, 0.717) is 5.92 Å². The van der Waals surface area contributed by atoms with Crippen molar-refractivity contribution in [1.29, 1.82) is 0 Å². The van der Waals surface area contributed by atoms with Gasteiger partial charge in [0.05, 0.1) is 6.61 Å². The Bertz CT molecular complexity index is 376. The van der Waals surface area contributed by atoms with Gasteiger partial charge in [0.15, 0.2) is 0 Å². The minimum Gasteiger partial charge on any atom is -0.398 e. The summed E-state index contributed by atoms with van der Waals surface area (Å²) in [7, 11) is 1.78. The van der Waals surface area contributed by atoms with Crippen LogP contribution < -0.4 is 10.6 Å². The lowest BCUT2D eigenvalue weighted by atomic mass is 9.97. The number of hydrogen-bond acceptors (Lipinski definition) is 3. The highest BCUT2D eigenvalue weighted by Gasteiger charge is 2.21. The van der Waals surface area contributed by atoms with Gasteiger partial charge in [-0.2, -0.15) is 0 Å². The van der Waals surface area contributed by atoms with Gasteiger partial charge >= 0.3 is 0 Å². The van der Waals surface area contributed by atoms with Crippen molar-refractivity contribution in [2.24, 2.45) is 5.92 Å². The first-order chi connectivity index (χ1) is 8.22. The van der Waals surface area contributed by atoms with Gasteiger partial charge in [-0.15, -0.1) is 0 Å². The number of piperidine rings is 1. The Balaban J connectivity index is 2.13. The number of anilines is 2. The molecule has 1 aliphatic heterocycles. The molecule has 0 aliphatic carbocycles. The summed E-state index contributed by atoms with van der Waals surface area (Å²) in [6.07, 6.45) is 2.51. The summed E-state index contributed by atoms with van der Waals surface area (Å²) in [6.45, 7) is 5.17. The highest BCUT2D eigenvalue weighted by Crippen LogP contribution is 2.28. The van der Waals surface area contributed by atoms with Gasteiger partial charge in [0.2, 0.25) is 0 Å². The summed E-state index contributed by atoms with van der Waals surface area (Å²) >= 11 is 0. The number of nitrogens with two attached hydrogens (primary N) is 1. The van der Waals surface area contributed by atoms with Gasteiger partial charge < -0.3 is 15.4 Å². The average Bonchev–Trinajstić information content (AvgIpc) is 2.33. The predicted octanol–water partition coefficient (Wildman–Crippen LogP) is 2.44. The van der Waals surface area contributed by atoms with Crippen molar-refractivity contribution >= 4 is 11.4 Å². The third kappa shape index (κ3) is 2.72. The zero-order chi connectivity index (χ0) is 12.3. The molecule has 17 heavy (non-hydrogen) atoms. The van der Waals surface area contributed by atoms with Crippen molar-refractivity contribution in [3.05, 3.63) is 23.8 Å². The first kappa shape index (κ1) is 12.2. The predicted molar refractivity (Wildman–Crippen MR) is 72.4 cm³/mol. The van der Waals surface area contributed by atoms with Crippen molar-refractivity contribution in [2.45, 2.75) is 19.8 Å². The molecule has 1 heterocycles. The van der Waals surface area contributed by atoms with E-state index in [4.69, 9.17) is 10.5 Å². The minimum atomic E-state index is 0.648. The second kappa shape index (κ2) is 5.41. The van der Waals surface area contributed by atoms with E-state index in [1.165, 1.54) is 24.1 Å². The summed E-state index contributed by atoms with van der Waals surface area (Å²) in [5.74, 6) is 0.648. The molecule has 1 saturated heterocycles. The first-order valence-corrected chi connectivity index (χ1v) is 6.31. The molecule has 94 valence electrons. The maximum absolute atomic E-state index is 5.97. The van der Waals surface area contributed by atoms with E-state index in [1.54, 1.807) is 7.11 Å². The van der Waals surface area contributed by atoms with Crippen LogP contribution in [0.3, 0.4) is 0 Å². The molecule has 0 bridgehead atoms. The largest absolute Gasteiger partial charge is 0.398 e. The van der Waals surface area contributed by atoms with Crippen molar-refractivity contribution < 1.29 is 4.74 Å². The molecule has 0 spiro atoms. The van der Waals surface area contributed by atoms with E-state index in [-0.39, 0.29) is 0 Å². The van der Waals surface area contributed by atoms with Crippen LogP contribution in [0.4, 0.5) is 11.4 Å². The summed E-state index contributed by atoms with van der Waals surface area (Å²) in [4.78, 5) is 2.44. The van der Waals surface area contributed by atoms with Crippen LogP contribution in [-0.2, 0) is 4.74 Å². The maximum atomic E-state index is 5.97. The van der Waals surface area contributed by atoms with Crippen molar-refractivity contribution in [3.63, 3.8) is 0 Å². The van der Waals surface area contributed by atoms with Crippen molar-refractivity contribution in [2.75, 3.05) is 37.4 Å². The molecule has 3 nitrogen and oxygen atoms in total. The lowest BCUT2D eigenvalue weighted by molar-refractivity contribution is 0.143. The normalized spacial score (nSPS) is 20.6. The van der Waals surface area contributed by atoms with Gasteiger partial charge in [0.25, 0.3) is 0 Å². The number of benzene rings is 1. The number of ether oxygens (including phenoxy) is 1. The van der Waals surface area contributed by atoms with Crippen molar-refractivity contribution in [1.82, 2.24) is 0 Å². The zero-order valence-electron chi connectivity index (χ0n) is 10.8. The maximum Gasteiger partial charge on any atom is 0.0507 e. The van der Waals surface area contributed by atoms with Crippen LogP contribution in [0.2, 0.25) is 0 Å². The Hall–Kier alpha value is -1.22. The minimum absolute atomic E-state index is 0.648. The molecular formula is C14H22N2O. The fourth-order valence-corrected chi connectivity index (χ4v) is 2.64. The lowest BCUT2D eigenvalue weighted by Crippen LogP contribution is -2.37. The standard InChI is InChI=1S/C14H22N2O/c1-11-13(15)6-3-7-14(11)16-8-4-5-12(9-16)10-17-2/h3,6-7,12H,4-5,8-10,15H2,1-2H3. The van der Waals surface area contributed by atoms with Crippen LogP contribution in [-0.4, -0.2) is 26.8 Å². The van der Waals surface area contributed by atoms with Gasteiger partial charge in [-0.3, -0.25) is 0 Å². The molecule has 0 amide bonds. The molecule has 0 saturated carbocycles. The molecular weight excluding hydrogens is 212 g/mol. The molecule has 0 radical (unpaired) electrons. The Morgan fingerprint density at radius 1 is 1.47 bits per heavy atom. The van der Waals surface area contributed by atoms with E-state index in [0.717, 1.165) is 25.4 Å². The Morgan fingerprint density at radius 2 is 2.29 bits per heavy atom. The van der Waals surface area contributed by atoms with E-state index < -0.39 is 0 Å². The topological polar surface area (TPSA) is 38.5 Å². The highest BCUT2D eigenvalue weighted by atomic mass is 16.5. The smallest absolute Gasteiger partial charge is 0.0507 e. The molecule has 1 aliphatic rings. The fourth-order valence-electron chi connectivity index (χ4n) is 2.64. The molecule has 1 unspecified atom stereocenters. The third-order valence-electron chi connectivity index (χ3n) is 3.61. The molecule has 0 aromatic heterocycles. The van der Waals surface area contributed by atoms with Gasteiger partial charge in [-0.05, 0) is 43.4 Å². The number of methoxy groups -OCH3 is 1. The van der Waals surface area contributed by atoms with Gasteiger partial charge in [0, 0.05) is 31.6 Å². The summed E-state index contributed by atoms with van der Waals surface area (Å²) in [5.41, 5.74) is 9.34. The van der Waals surface area contributed by atoms with Crippen LogP contribution in [0.1, 0.15) is 18.4 Å². The molecule has 2 rings (SSSR count). The monoisotopic (exact) mass is 234 g/mol. The molecule has 1 aromatic carbocycles. The Kier molecular flexibility index (Phi) is 3.89. The first-order valence-electron chi connectivity index (χ1n) is 6.31. The molecule has 1 atom stereocenters. The van der Waals surface area contributed by atoms with E-state index in [2.05, 4.69) is 17.9 Å². The van der Waals surface area contributed by atoms with E-state index >= 15 is 0 Å². The third-order valence-corrected chi connectivity index (χ3v) is 3.61. The molecule has 3 heteroatoms. The van der Waals surface area contributed by atoms with E-state index in [1.807, 2.05) is 12.1 Å². The number of nitrogens with zero attached hydrogens (tertiary/aromatic N) is 1. The van der Waals surface area contributed by atoms with Crippen molar-refractivity contribution in [3.8, 4) is 0 Å². The summed E-state index contributed by atoms with van der Waals surface area (Å²) in [6, 6.07) is 6.17. The summed E-state index contributed by atoms with van der Waals surface area (Å²) in [5, 5.41) is 0. The second-order valence-corrected chi connectivity index (χ2v) is 4.90. The van der Waals surface area contributed by atoms with Crippen LogP contribution in [0.15, 0.2) is 18.2 Å². The SMILES string of the molecule is COCC1CCCN(c2cccc(N)c2C)C1. The number of rotatable bonds is 3. The number of hydrogen-bond donors (Lipinski definition) is 1. The molecule has 1 fully saturated rings. The van der Waals surface area contributed by atoms with Crippen LogP contribution in [0.25, 0.3) is 0 Å². The average molecular weight is 234 g/mol. The van der Waals surface area contributed by atoms with Crippen LogP contribution in [0, 0.1) is 12.8 Å². The molecule has 1 aromatic rings. The second-order valence-electron chi connectivity index (χ2n) is 4.90. The van der Waals surface area contributed by atoms with Gasteiger partial charge in [0.1, 0.15) is 0 Å². The van der Waals surface area contributed by atoms with Gasteiger partial charge in [-0.1, -0.05) is 6.07 Å². The fraction of sp³-hybridized carbons (Fsp3) is 0.571. The molecule has 2 N–H and O–H groups in total. The van der Waals surface area contributed by atoms with Gasteiger partial charge in [-0.25, -0.2) is 0 Å². The highest BCUT2D eigenvalue weighted by molar-refractivity contribution is 5.64. The lowest BCUT2D eigenvalue weighted by Gasteiger charge is -2.35. The number of nitrogen functional groups attached to an aromatic ring is 1. The Labute approximate surface area is 104 Å². The van der Waals surface area contributed by atoms with Crippen LogP contribution in [0.5, 0.6) is 0 Å². The van der Waals surface area contributed by atoms with Crippen LogP contribution >= 0.6 is 0 Å². The van der Waals surface area contributed by atoms with E-state index in [9.17, 15) is 0 Å². The zero-order valence-corrected chi connectivity index (χ0v) is 10.8.